The fourth-order valence-corrected chi connectivity index (χ4v) is 3.60. The van der Waals surface area contributed by atoms with Crippen LogP contribution in [0.5, 0.6) is 0 Å². The number of aromatic nitrogens is 2. The van der Waals surface area contributed by atoms with Gasteiger partial charge in [0, 0.05) is 18.7 Å². The predicted molar refractivity (Wildman–Crippen MR) is 86.6 cm³/mol. The Kier molecular flexibility index (Phi) is 3.93. The molecule has 0 bridgehead atoms. The molecule has 3 heterocycles. The third kappa shape index (κ3) is 3.04. The quantitative estimate of drug-likeness (QED) is 0.727. The van der Waals surface area contributed by atoms with E-state index in [1.165, 1.54) is 6.07 Å². The van der Waals surface area contributed by atoms with Gasteiger partial charge in [-0.15, -0.1) is 11.3 Å². The molecule has 1 atom stereocenters. The molecule has 1 aliphatic rings. The molecular formula is C17H16FN3OS. The fourth-order valence-electron chi connectivity index (χ4n) is 2.95. The Bertz CT molecular complexity index is 787. The Morgan fingerprint density at radius 1 is 1.26 bits per heavy atom. The molecule has 1 aliphatic heterocycles. The summed E-state index contributed by atoms with van der Waals surface area (Å²) in [6, 6.07) is 10.9. The van der Waals surface area contributed by atoms with Crippen LogP contribution in [-0.4, -0.2) is 28.1 Å². The molecule has 0 spiro atoms. The molecule has 4 rings (SSSR count). The number of likely N-dealkylation sites (tertiary alicyclic amines) is 1. The van der Waals surface area contributed by atoms with Crippen molar-refractivity contribution in [3.8, 4) is 10.7 Å². The van der Waals surface area contributed by atoms with Crippen LogP contribution in [0.1, 0.15) is 23.8 Å². The van der Waals surface area contributed by atoms with Gasteiger partial charge in [0.05, 0.1) is 10.8 Å². The van der Waals surface area contributed by atoms with Gasteiger partial charge in [0.25, 0.3) is 0 Å². The van der Waals surface area contributed by atoms with E-state index in [0.29, 0.717) is 18.3 Å². The van der Waals surface area contributed by atoms with E-state index in [0.717, 1.165) is 30.0 Å². The van der Waals surface area contributed by atoms with Gasteiger partial charge in [0.15, 0.2) is 0 Å². The Morgan fingerprint density at radius 3 is 3.00 bits per heavy atom. The molecule has 1 aromatic carbocycles. The summed E-state index contributed by atoms with van der Waals surface area (Å²) in [4.78, 5) is 7.77. The molecule has 0 saturated carbocycles. The zero-order chi connectivity index (χ0) is 15.6. The van der Waals surface area contributed by atoms with Crippen molar-refractivity contribution >= 4 is 11.3 Å². The van der Waals surface area contributed by atoms with E-state index in [4.69, 9.17) is 4.52 Å². The molecule has 23 heavy (non-hydrogen) atoms. The molecule has 0 N–H and O–H groups in total. The second kappa shape index (κ2) is 6.22. The molecule has 3 aromatic rings. The minimum atomic E-state index is -0.145. The molecule has 4 nitrogen and oxygen atoms in total. The van der Waals surface area contributed by atoms with E-state index < -0.39 is 0 Å². The van der Waals surface area contributed by atoms with Crippen molar-refractivity contribution in [1.29, 1.82) is 0 Å². The van der Waals surface area contributed by atoms with Crippen molar-refractivity contribution in [2.75, 3.05) is 13.1 Å². The summed E-state index contributed by atoms with van der Waals surface area (Å²) in [5.41, 5.74) is 0.734. The minimum absolute atomic E-state index is 0.145. The van der Waals surface area contributed by atoms with Gasteiger partial charge in [0.1, 0.15) is 5.82 Å². The van der Waals surface area contributed by atoms with E-state index in [2.05, 4.69) is 15.0 Å². The Morgan fingerprint density at radius 2 is 2.17 bits per heavy atom. The van der Waals surface area contributed by atoms with Gasteiger partial charge in [-0.2, -0.15) is 4.98 Å². The zero-order valence-corrected chi connectivity index (χ0v) is 13.3. The Hall–Kier alpha value is -2.05. The van der Waals surface area contributed by atoms with Crippen molar-refractivity contribution in [2.45, 2.75) is 18.9 Å². The first-order chi connectivity index (χ1) is 11.3. The van der Waals surface area contributed by atoms with Gasteiger partial charge < -0.3 is 4.52 Å². The van der Waals surface area contributed by atoms with Crippen LogP contribution in [-0.2, 0) is 6.54 Å². The smallest absolute Gasteiger partial charge is 0.231 e. The maximum absolute atomic E-state index is 13.8. The van der Waals surface area contributed by atoms with Crippen LogP contribution in [0.25, 0.3) is 10.7 Å². The number of halogens is 1. The molecule has 118 valence electrons. The number of thiophene rings is 1. The average molecular weight is 329 g/mol. The van der Waals surface area contributed by atoms with E-state index in [9.17, 15) is 4.39 Å². The molecular weight excluding hydrogens is 313 g/mol. The lowest BCUT2D eigenvalue weighted by molar-refractivity contribution is 0.305. The second-order valence-corrected chi connectivity index (χ2v) is 6.69. The molecule has 1 fully saturated rings. The largest absolute Gasteiger partial charge is 0.339 e. The van der Waals surface area contributed by atoms with Crippen LogP contribution in [0.3, 0.4) is 0 Å². The molecule has 0 amide bonds. The zero-order valence-electron chi connectivity index (χ0n) is 12.5. The van der Waals surface area contributed by atoms with Gasteiger partial charge in [-0.3, -0.25) is 4.90 Å². The number of nitrogens with zero attached hydrogens (tertiary/aromatic N) is 3. The molecule has 0 unspecified atom stereocenters. The first kappa shape index (κ1) is 14.5. The highest BCUT2D eigenvalue weighted by atomic mass is 32.1. The third-order valence-electron chi connectivity index (χ3n) is 4.16. The van der Waals surface area contributed by atoms with Crippen LogP contribution < -0.4 is 0 Å². The molecule has 6 heteroatoms. The number of rotatable bonds is 4. The lowest BCUT2D eigenvalue weighted by Crippen LogP contribution is -2.20. The number of benzene rings is 1. The Balaban J connectivity index is 1.43. The summed E-state index contributed by atoms with van der Waals surface area (Å²) in [6.45, 7) is 2.35. The van der Waals surface area contributed by atoms with Crippen LogP contribution in [0.15, 0.2) is 46.3 Å². The highest BCUT2D eigenvalue weighted by molar-refractivity contribution is 7.13. The Labute approximate surface area is 137 Å². The first-order valence-corrected chi connectivity index (χ1v) is 8.51. The monoisotopic (exact) mass is 329 g/mol. The molecule has 1 saturated heterocycles. The van der Waals surface area contributed by atoms with Crippen molar-refractivity contribution in [1.82, 2.24) is 15.0 Å². The minimum Gasteiger partial charge on any atom is -0.339 e. The van der Waals surface area contributed by atoms with Crippen molar-refractivity contribution in [2.24, 2.45) is 0 Å². The van der Waals surface area contributed by atoms with Gasteiger partial charge >= 0.3 is 0 Å². The summed E-state index contributed by atoms with van der Waals surface area (Å²) in [5, 5.41) is 6.07. The van der Waals surface area contributed by atoms with Crippen molar-refractivity contribution < 1.29 is 8.91 Å². The molecule has 0 radical (unpaired) electrons. The fraction of sp³-hybridized carbons (Fsp3) is 0.294. The lowest BCUT2D eigenvalue weighted by atomic mass is 10.1. The average Bonchev–Trinajstić information content (AvgIpc) is 3.30. The summed E-state index contributed by atoms with van der Waals surface area (Å²) < 4.78 is 19.2. The normalized spacial score (nSPS) is 18.6. The first-order valence-electron chi connectivity index (χ1n) is 7.63. The molecule has 2 aromatic heterocycles. The second-order valence-electron chi connectivity index (χ2n) is 5.75. The maximum atomic E-state index is 13.8. The predicted octanol–water partition coefficient (Wildman–Crippen LogP) is 3.93. The van der Waals surface area contributed by atoms with Crippen LogP contribution in [0.4, 0.5) is 4.39 Å². The van der Waals surface area contributed by atoms with E-state index in [-0.39, 0.29) is 11.7 Å². The maximum Gasteiger partial charge on any atom is 0.231 e. The van der Waals surface area contributed by atoms with Crippen LogP contribution in [0, 0.1) is 5.82 Å². The SMILES string of the molecule is Fc1ccccc1CN1CC[C@@H](c2nc(-c3cccs3)no2)C1. The summed E-state index contributed by atoms with van der Waals surface area (Å²) in [6.07, 6.45) is 0.959. The third-order valence-corrected chi connectivity index (χ3v) is 5.02. The van der Waals surface area contributed by atoms with Crippen LogP contribution in [0.2, 0.25) is 0 Å². The summed E-state index contributed by atoms with van der Waals surface area (Å²) in [5.74, 6) is 1.42. The van der Waals surface area contributed by atoms with Gasteiger partial charge in [0.2, 0.25) is 11.7 Å². The highest BCUT2D eigenvalue weighted by Gasteiger charge is 2.29. The van der Waals surface area contributed by atoms with E-state index in [1.807, 2.05) is 29.6 Å². The molecule has 0 aliphatic carbocycles. The van der Waals surface area contributed by atoms with E-state index in [1.54, 1.807) is 17.4 Å². The summed E-state index contributed by atoms with van der Waals surface area (Å²) >= 11 is 1.60. The van der Waals surface area contributed by atoms with Crippen LogP contribution >= 0.6 is 11.3 Å². The summed E-state index contributed by atoms with van der Waals surface area (Å²) in [7, 11) is 0. The number of hydrogen-bond acceptors (Lipinski definition) is 5. The lowest BCUT2D eigenvalue weighted by Gasteiger charge is -2.15. The van der Waals surface area contributed by atoms with Crippen molar-refractivity contribution in [3.63, 3.8) is 0 Å². The van der Waals surface area contributed by atoms with Gasteiger partial charge in [-0.1, -0.05) is 29.4 Å². The van der Waals surface area contributed by atoms with E-state index >= 15 is 0 Å². The number of hydrogen-bond donors (Lipinski definition) is 0. The topological polar surface area (TPSA) is 42.2 Å². The van der Waals surface area contributed by atoms with Crippen molar-refractivity contribution in [3.05, 3.63) is 59.0 Å². The standard InChI is InChI=1S/C17H16FN3OS/c18-14-5-2-1-4-12(14)10-21-8-7-13(11-21)17-19-16(20-22-17)15-6-3-9-23-15/h1-6,9,13H,7-8,10-11H2/t13-/m1/s1. The van der Waals surface area contributed by atoms with Gasteiger partial charge in [-0.25, -0.2) is 4.39 Å². The van der Waals surface area contributed by atoms with Gasteiger partial charge in [-0.05, 0) is 30.5 Å². The highest BCUT2D eigenvalue weighted by Crippen LogP contribution is 2.30.